The Bertz CT molecular complexity index is 635. The van der Waals surface area contributed by atoms with Gasteiger partial charge in [0, 0.05) is 11.8 Å². The van der Waals surface area contributed by atoms with Crippen LogP contribution in [0.15, 0.2) is 35.1 Å². The van der Waals surface area contributed by atoms with E-state index < -0.39 is 0 Å². The van der Waals surface area contributed by atoms with Gasteiger partial charge in [0.2, 0.25) is 0 Å². The molecule has 2 rings (SSSR count). The number of benzene rings is 1. The average Bonchev–Trinajstić information content (AvgIpc) is 2.49. The molecule has 104 valence electrons. The molecule has 4 N–H and O–H groups in total. The Morgan fingerprint density at radius 1 is 1.40 bits per heavy atom. The Morgan fingerprint density at radius 3 is 2.90 bits per heavy atom. The van der Waals surface area contributed by atoms with Crippen LogP contribution in [-0.4, -0.2) is 23.0 Å². The topological polar surface area (TPSA) is 102 Å². The fourth-order valence-electron chi connectivity index (χ4n) is 1.48. The number of amides is 1. The van der Waals surface area contributed by atoms with Gasteiger partial charge in [0.1, 0.15) is 11.4 Å². The van der Waals surface area contributed by atoms with Gasteiger partial charge in [0.05, 0.1) is 24.0 Å². The monoisotopic (exact) mass is 337 g/mol. The van der Waals surface area contributed by atoms with Gasteiger partial charge < -0.3 is 15.5 Å². The van der Waals surface area contributed by atoms with Gasteiger partial charge in [-0.3, -0.25) is 9.78 Å². The molecule has 0 unspecified atom stereocenters. The molecule has 1 amide bonds. The normalized spacial score (nSPS) is 9.95. The van der Waals surface area contributed by atoms with E-state index in [1.165, 1.54) is 12.4 Å². The molecule has 0 saturated heterocycles. The number of nitrogens with two attached hydrogens (primary N) is 1. The van der Waals surface area contributed by atoms with Gasteiger partial charge in [-0.25, -0.2) is 10.8 Å². The summed E-state index contributed by atoms with van der Waals surface area (Å²) in [5.74, 6) is 5.76. The van der Waals surface area contributed by atoms with Gasteiger partial charge in [0.15, 0.2) is 5.82 Å². The molecule has 1 aromatic carbocycles. The molecule has 0 bridgehead atoms. The molecule has 0 fully saturated rings. The summed E-state index contributed by atoms with van der Waals surface area (Å²) >= 11 is 3.34. The van der Waals surface area contributed by atoms with Gasteiger partial charge in [-0.15, -0.1) is 0 Å². The number of nitrogens with one attached hydrogen (secondary N) is 2. The number of nitrogen functional groups attached to an aromatic ring is 1. The number of carbonyl (C=O) groups is 1. The summed E-state index contributed by atoms with van der Waals surface area (Å²) < 4.78 is 5.96. The fraction of sp³-hybridized carbons (Fsp3) is 0.0833. The maximum Gasteiger partial charge on any atom is 0.275 e. The number of hydrogen-bond acceptors (Lipinski definition) is 6. The van der Waals surface area contributed by atoms with Crippen molar-refractivity contribution in [1.82, 2.24) is 9.97 Å². The quantitative estimate of drug-likeness (QED) is 0.580. The van der Waals surface area contributed by atoms with Crippen LogP contribution in [-0.2, 0) is 0 Å². The largest absolute Gasteiger partial charge is 0.495 e. The van der Waals surface area contributed by atoms with E-state index in [9.17, 15) is 4.79 Å². The lowest BCUT2D eigenvalue weighted by atomic mass is 10.3. The minimum atomic E-state index is -0.390. The second kappa shape index (κ2) is 6.31. The first-order chi connectivity index (χ1) is 9.63. The Morgan fingerprint density at radius 2 is 2.20 bits per heavy atom. The number of halogens is 1. The number of ether oxygens (including phenoxy) is 1. The van der Waals surface area contributed by atoms with E-state index in [0.717, 1.165) is 4.47 Å². The Hall–Kier alpha value is -2.19. The van der Waals surface area contributed by atoms with Crippen molar-refractivity contribution < 1.29 is 9.53 Å². The number of carbonyl (C=O) groups excluding carboxylic acids is 1. The lowest BCUT2D eigenvalue weighted by Crippen LogP contribution is -2.16. The predicted molar refractivity (Wildman–Crippen MR) is 78.5 cm³/mol. The van der Waals surface area contributed by atoms with E-state index in [1.807, 2.05) is 0 Å². The number of hydrogen-bond donors (Lipinski definition) is 3. The molecule has 0 aliphatic carbocycles. The van der Waals surface area contributed by atoms with Crippen LogP contribution < -0.4 is 21.3 Å². The highest BCUT2D eigenvalue weighted by Crippen LogP contribution is 2.27. The van der Waals surface area contributed by atoms with Gasteiger partial charge in [-0.2, -0.15) is 0 Å². The van der Waals surface area contributed by atoms with Crippen molar-refractivity contribution in [3.8, 4) is 5.75 Å². The first-order valence-corrected chi connectivity index (χ1v) is 6.37. The molecule has 0 atom stereocenters. The summed E-state index contributed by atoms with van der Waals surface area (Å²) in [5, 5.41) is 2.70. The van der Waals surface area contributed by atoms with Crippen LogP contribution in [0.4, 0.5) is 11.5 Å². The van der Waals surface area contributed by atoms with Gasteiger partial charge in [0.25, 0.3) is 5.91 Å². The lowest BCUT2D eigenvalue weighted by Gasteiger charge is -2.08. The SMILES string of the molecule is COc1cc(NC(=O)c2cncc(NN)n2)ccc1Br. The van der Waals surface area contributed by atoms with Crippen molar-refractivity contribution in [2.24, 2.45) is 5.84 Å². The van der Waals surface area contributed by atoms with Crippen LogP contribution in [0.1, 0.15) is 10.5 Å². The molecule has 0 aliphatic heterocycles. The maximum absolute atomic E-state index is 12.0. The molecule has 1 aromatic heterocycles. The summed E-state index contributed by atoms with van der Waals surface area (Å²) in [7, 11) is 1.55. The van der Waals surface area contributed by atoms with Crippen LogP contribution >= 0.6 is 15.9 Å². The number of hydrazine groups is 1. The molecule has 7 nitrogen and oxygen atoms in total. The standard InChI is InChI=1S/C12H12BrN5O2/c1-20-10-4-7(2-3-8(10)13)16-12(19)9-5-15-6-11(17-9)18-14/h2-6H,14H2,1H3,(H,16,19)(H,17,18). The number of rotatable bonds is 4. The minimum Gasteiger partial charge on any atom is -0.495 e. The number of anilines is 2. The second-order valence-corrected chi connectivity index (χ2v) is 4.59. The Balaban J connectivity index is 2.18. The van der Waals surface area contributed by atoms with Crippen molar-refractivity contribution in [2.75, 3.05) is 17.9 Å². The number of methoxy groups -OCH3 is 1. The highest BCUT2D eigenvalue weighted by Gasteiger charge is 2.10. The Labute approximate surface area is 123 Å². The summed E-state index contributed by atoms with van der Waals surface area (Å²) in [5.41, 5.74) is 3.07. The molecule has 0 aliphatic rings. The maximum atomic E-state index is 12.0. The third-order valence-electron chi connectivity index (χ3n) is 2.42. The summed E-state index contributed by atoms with van der Waals surface area (Å²) in [6.45, 7) is 0. The van der Waals surface area contributed by atoms with E-state index in [1.54, 1.807) is 25.3 Å². The molecule has 8 heteroatoms. The summed E-state index contributed by atoms with van der Waals surface area (Å²) in [6, 6.07) is 5.21. The zero-order valence-electron chi connectivity index (χ0n) is 10.6. The van der Waals surface area contributed by atoms with E-state index in [0.29, 0.717) is 17.3 Å². The number of nitrogens with zero attached hydrogens (tertiary/aromatic N) is 2. The first kappa shape index (κ1) is 14.2. The van der Waals surface area contributed by atoms with Crippen LogP contribution in [0.25, 0.3) is 0 Å². The molecule has 0 spiro atoms. The molecular weight excluding hydrogens is 326 g/mol. The highest BCUT2D eigenvalue weighted by atomic mass is 79.9. The fourth-order valence-corrected chi connectivity index (χ4v) is 1.89. The van der Waals surface area contributed by atoms with Crippen LogP contribution in [0.2, 0.25) is 0 Å². The van der Waals surface area contributed by atoms with Crippen molar-refractivity contribution in [1.29, 1.82) is 0 Å². The molecule has 20 heavy (non-hydrogen) atoms. The second-order valence-electron chi connectivity index (χ2n) is 3.74. The summed E-state index contributed by atoms with van der Waals surface area (Å²) in [6.07, 6.45) is 2.77. The van der Waals surface area contributed by atoms with Crippen LogP contribution in [0, 0.1) is 0 Å². The van der Waals surface area contributed by atoms with Gasteiger partial charge >= 0.3 is 0 Å². The van der Waals surface area contributed by atoms with Crippen LogP contribution in [0.3, 0.4) is 0 Å². The minimum absolute atomic E-state index is 0.155. The van der Waals surface area contributed by atoms with E-state index in [2.05, 4.69) is 36.6 Å². The van der Waals surface area contributed by atoms with E-state index in [4.69, 9.17) is 10.6 Å². The third kappa shape index (κ3) is 3.22. The third-order valence-corrected chi connectivity index (χ3v) is 3.08. The van der Waals surface area contributed by atoms with Gasteiger partial charge in [-0.1, -0.05) is 0 Å². The molecule has 2 aromatic rings. The smallest absolute Gasteiger partial charge is 0.275 e. The van der Waals surface area contributed by atoms with Crippen LogP contribution in [0.5, 0.6) is 5.75 Å². The predicted octanol–water partition coefficient (Wildman–Crippen LogP) is 1.79. The van der Waals surface area contributed by atoms with Gasteiger partial charge in [-0.05, 0) is 28.1 Å². The molecule has 0 radical (unpaired) electrons. The van der Waals surface area contributed by atoms with Crippen molar-refractivity contribution in [3.05, 3.63) is 40.8 Å². The Kier molecular flexibility index (Phi) is 4.49. The molecule has 1 heterocycles. The summed E-state index contributed by atoms with van der Waals surface area (Å²) in [4.78, 5) is 19.9. The average molecular weight is 338 g/mol. The molecule has 0 saturated carbocycles. The van der Waals surface area contributed by atoms with Crippen molar-refractivity contribution in [3.63, 3.8) is 0 Å². The van der Waals surface area contributed by atoms with Crippen molar-refractivity contribution >= 4 is 33.3 Å². The first-order valence-electron chi connectivity index (χ1n) is 5.57. The number of aromatic nitrogens is 2. The van der Waals surface area contributed by atoms with E-state index in [-0.39, 0.29) is 11.6 Å². The zero-order valence-corrected chi connectivity index (χ0v) is 12.1. The van der Waals surface area contributed by atoms with Crippen molar-refractivity contribution in [2.45, 2.75) is 0 Å². The highest BCUT2D eigenvalue weighted by molar-refractivity contribution is 9.10. The van der Waals surface area contributed by atoms with E-state index >= 15 is 0 Å². The molecular formula is C12H12BrN5O2. The lowest BCUT2D eigenvalue weighted by molar-refractivity contribution is 0.102. The zero-order chi connectivity index (χ0) is 14.5.